The number of hydrogen-bond acceptors (Lipinski definition) is 3. The lowest BCUT2D eigenvalue weighted by Crippen LogP contribution is -2.33. The Morgan fingerprint density at radius 1 is 1.00 bits per heavy atom. The van der Waals surface area contributed by atoms with Crippen molar-refractivity contribution in [3.05, 3.63) is 65.2 Å². The molecule has 0 saturated heterocycles. The van der Waals surface area contributed by atoms with Crippen molar-refractivity contribution in [2.45, 2.75) is 32.9 Å². The van der Waals surface area contributed by atoms with E-state index in [0.29, 0.717) is 13.2 Å². The van der Waals surface area contributed by atoms with E-state index in [2.05, 4.69) is 24.4 Å². The molecule has 0 unspecified atom stereocenters. The number of ether oxygens (including phenoxy) is 1. The molecule has 2 N–H and O–H groups in total. The molecule has 0 amide bonds. The molecule has 3 heteroatoms. The van der Waals surface area contributed by atoms with Gasteiger partial charge in [-0.2, -0.15) is 0 Å². The van der Waals surface area contributed by atoms with E-state index in [1.54, 1.807) is 0 Å². The second-order valence-corrected chi connectivity index (χ2v) is 5.73. The van der Waals surface area contributed by atoms with Crippen molar-refractivity contribution in [2.24, 2.45) is 0 Å². The van der Waals surface area contributed by atoms with Gasteiger partial charge in [-0.3, -0.25) is 0 Å². The van der Waals surface area contributed by atoms with Crippen molar-refractivity contribution in [1.29, 1.82) is 0 Å². The van der Waals surface area contributed by atoms with Gasteiger partial charge >= 0.3 is 0 Å². The molecule has 0 aromatic heterocycles. The molecule has 0 radical (unpaired) electrons. The number of nitrogens with one attached hydrogen (secondary N) is 1. The minimum atomic E-state index is -0.537. The molecule has 0 aliphatic heterocycles. The highest BCUT2D eigenvalue weighted by atomic mass is 16.5. The molecular formula is C19H25NO2. The van der Waals surface area contributed by atoms with E-state index in [-0.39, 0.29) is 6.04 Å². The second-order valence-electron chi connectivity index (χ2n) is 5.73. The highest BCUT2D eigenvalue weighted by Gasteiger charge is 2.11. The second kappa shape index (κ2) is 7.97. The van der Waals surface area contributed by atoms with Crippen LogP contribution in [-0.4, -0.2) is 24.4 Å². The molecule has 2 aromatic rings. The van der Waals surface area contributed by atoms with E-state index in [0.717, 1.165) is 16.9 Å². The van der Waals surface area contributed by atoms with Gasteiger partial charge in [0.05, 0.1) is 0 Å². The molecular weight excluding hydrogens is 274 g/mol. The summed E-state index contributed by atoms with van der Waals surface area (Å²) in [7, 11) is 0. The summed E-state index contributed by atoms with van der Waals surface area (Å²) in [4.78, 5) is 0. The minimum absolute atomic E-state index is 0.205. The normalized spacial score (nSPS) is 13.6. The van der Waals surface area contributed by atoms with Crippen molar-refractivity contribution in [3.8, 4) is 5.75 Å². The van der Waals surface area contributed by atoms with Crippen LogP contribution in [0.2, 0.25) is 0 Å². The lowest BCUT2D eigenvalue weighted by Gasteiger charge is -2.19. The van der Waals surface area contributed by atoms with Crippen molar-refractivity contribution in [2.75, 3.05) is 13.2 Å². The molecule has 0 spiro atoms. The lowest BCUT2D eigenvalue weighted by molar-refractivity contribution is 0.103. The molecule has 2 aromatic carbocycles. The molecule has 3 nitrogen and oxygen atoms in total. The van der Waals surface area contributed by atoms with Gasteiger partial charge in [0.1, 0.15) is 18.5 Å². The molecule has 0 fully saturated rings. The molecule has 118 valence electrons. The predicted molar refractivity (Wildman–Crippen MR) is 90.3 cm³/mol. The van der Waals surface area contributed by atoms with Crippen LogP contribution < -0.4 is 10.1 Å². The summed E-state index contributed by atoms with van der Waals surface area (Å²) in [6, 6.07) is 16.5. The maximum atomic E-state index is 10.1. The monoisotopic (exact) mass is 299 g/mol. The van der Waals surface area contributed by atoms with Crippen LogP contribution in [0.3, 0.4) is 0 Å². The van der Waals surface area contributed by atoms with Gasteiger partial charge in [-0.05, 0) is 37.5 Å². The third-order valence-electron chi connectivity index (χ3n) is 3.79. The number of hydrogen-bond donors (Lipinski definition) is 2. The van der Waals surface area contributed by atoms with E-state index in [9.17, 15) is 5.11 Å². The number of aliphatic hydroxyl groups is 1. The van der Waals surface area contributed by atoms with E-state index in [1.165, 1.54) is 5.56 Å². The van der Waals surface area contributed by atoms with Gasteiger partial charge in [0.15, 0.2) is 0 Å². The van der Waals surface area contributed by atoms with E-state index < -0.39 is 6.10 Å². The zero-order valence-corrected chi connectivity index (χ0v) is 13.5. The van der Waals surface area contributed by atoms with Gasteiger partial charge in [-0.25, -0.2) is 0 Å². The average Bonchev–Trinajstić information content (AvgIpc) is 2.53. The molecule has 22 heavy (non-hydrogen) atoms. The summed E-state index contributed by atoms with van der Waals surface area (Å²) in [5.41, 5.74) is 3.40. The van der Waals surface area contributed by atoms with Crippen molar-refractivity contribution >= 4 is 0 Å². The maximum Gasteiger partial charge on any atom is 0.125 e. The molecule has 0 bridgehead atoms. The first-order valence-electron chi connectivity index (χ1n) is 7.73. The number of aryl methyl sites for hydroxylation is 2. The Morgan fingerprint density at radius 2 is 1.64 bits per heavy atom. The van der Waals surface area contributed by atoms with Crippen molar-refractivity contribution in [1.82, 2.24) is 5.32 Å². The Balaban J connectivity index is 1.80. The average molecular weight is 299 g/mol. The molecule has 2 rings (SSSR count). The molecule has 0 saturated carbocycles. The summed E-state index contributed by atoms with van der Waals surface area (Å²) in [6.07, 6.45) is -0.537. The minimum Gasteiger partial charge on any atom is -0.490 e. The van der Waals surface area contributed by atoms with E-state index in [4.69, 9.17) is 4.74 Å². The number of benzene rings is 2. The van der Waals surface area contributed by atoms with Crippen LogP contribution in [-0.2, 0) is 0 Å². The molecule has 0 aliphatic rings. The quantitative estimate of drug-likeness (QED) is 0.823. The zero-order chi connectivity index (χ0) is 15.9. The fourth-order valence-electron chi connectivity index (χ4n) is 2.44. The lowest BCUT2D eigenvalue weighted by atomic mass is 10.1. The topological polar surface area (TPSA) is 41.5 Å². The highest BCUT2D eigenvalue weighted by molar-refractivity contribution is 5.39. The highest BCUT2D eigenvalue weighted by Crippen LogP contribution is 2.22. The fourth-order valence-corrected chi connectivity index (χ4v) is 2.44. The predicted octanol–water partition coefficient (Wildman–Crippen LogP) is 3.39. The summed E-state index contributed by atoms with van der Waals surface area (Å²) in [5.74, 6) is 0.873. The van der Waals surface area contributed by atoms with Crippen LogP contribution in [0.15, 0.2) is 48.5 Å². The first kappa shape index (κ1) is 16.5. The molecule has 0 heterocycles. The van der Waals surface area contributed by atoms with Crippen LogP contribution in [0, 0.1) is 13.8 Å². The van der Waals surface area contributed by atoms with Crippen LogP contribution in [0.5, 0.6) is 5.75 Å². The summed E-state index contributed by atoms with van der Waals surface area (Å²) < 4.78 is 5.78. The van der Waals surface area contributed by atoms with Gasteiger partial charge < -0.3 is 15.2 Å². The SMILES string of the molecule is Cc1cccc(C)c1OC[C@H](O)CN[C@H](C)c1ccccc1. The third kappa shape index (κ3) is 4.58. The Labute approximate surface area is 133 Å². The number of para-hydroxylation sites is 1. The van der Waals surface area contributed by atoms with Gasteiger partial charge in [0.25, 0.3) is 0 Å². The van der Waals surface area contributed by atoms with Crippen molar-refractivity contribution < 1.29 is 9.84 Å². The Morgan fingerprint density at radius 3 is 2.27 bits per heavy atom. The zero-order valence-electron chi connectivity index (χ0n) is 13.5. The Bertz CT molecular complexity index is 563. The van der Waals surface area contributed by atoms with Crippen LogP contribution >= 0.6 is 0 Å². The van der Waals surface area contributed by atoms with E-state index in [1.807, 2.05) is 50.2 Å². The standard InChI is InChI=1S/C19H25NO2/c1-14-8-7-9-15(2)19(14)22-13-18(21)12-20-16(3)17-10-5-4-6-11-17/h4-11,16,18,20-21H,12-13H2,1-3H3/t16-,18-/m1/s1. The maximum absolute atomic E-state index is 10.1. The Hall–Kier alpha value is -1.84. The first-order valence-corrected chi connectivity index (χ1v) is 7.73. The van der Waals surface area contributed by atoms with E-state index >= 15 is 0 Å². The van der Waals surface area contributed by atoms with Crippen LogP contribution in [0.4, 0.5) is 0 Å². The number of rotatable bonds is 7. The van der Waals surface area contributed by atoms with Crippen molar-refractivity contribution in [3.63, 3.8) is 0 Å². The summed E-state index contributed by atoms with van der Waals surface area (Å²) >= 11 is 0. The first-order chi connectivity index (χ1) is 10.6. The Kier molecular flexibility index (Phi) is 5.99. The van der Waals surface area contributed by atoms with Gasteiger partial charge in [0.2, 0.25) is 0 Å². The van der Waals surface area contributed by atoms with Gasteiger partial charge in [-0.15, -0.1) is 0 Å². The summed E-state index contributed by atoms with van der Waals surface area (Å²) in [6.45, 7) is 6.92. The molecule has 0 aliphatic carbocycles. The smallest absolute Gasteiger partial charge is 0.125 e. The van der Waals surface area contributed by atoms with Crippen LogP contribution in [0.25, 0.3) is 0 Å². The fraction of sp³-hybridized carbons (Fsp3) is 0.368. The van der Waals surface area contributed by atoms with Gasteiger partial charge in [-0.1, -0.05) is 48.5 Å². The molecule has 2 atom stereocenters. The summed E-state index contributed by atoms with van der Waals surface area (Å²) in [5, 5.41) is 13.4. The largest absolute Gasteiger partial charge is 0.490 e. The van der Waals surface area contributed by atoms with Gasteiger partial charge in [0, 0.05) is 12.6 Å². The third-order valence-corrected chi connectivity index (χ3v) is 3.79. The van der Waals surface area contributed by atoms with Crippen LogP contribution in [0.1, 0.15) is 29.7 Å². The number of aliphatic hydroxyl groups excluding tert-OH is 1.